The van der Waals surface area contributed by atoms with Gasteiger partial charge < -0.3 is 5.11 Å². The molecular formula is C29H35N3O. The number of benzene rings is 3. The van der Waals surface area contributed by atoms with Gasteiger partial charge in [-0.05, 0) is 58.1 Å². The van der Waals surface area contributed by atoms with E-state index < -0.39 is 0 Å². The standard InChI is InChI=1S/C29H35N3O/c1-18(2)20-11-8-9-12-21(20)23-15-19(29(6,7)17-28(3,4)5)16-24(27(23)33)22-13-10-14-25-26(22)31-32-30-25/h8-16,18,33H,17H2,1-7H3,(H,30,31,32). The van der Waals surface area contributed by atoms with Crippen LogP contribution in [0.3, 0.4) is 0 Å². The van der Waals surface area contributed by atoms with Crippen LogP contribution in [0.5, 0.6) is 5.75 Å². The summed E-state index contributed by atoms with van der Waals surface area (Å²) in [6, 6.07) is 18.6. The zero-order valence-corrected chi connectivity index (χ0v) is 20.8. The van der Waals surface area contributed by atoms with Gasteiger partial charge >= 0.3 is 0 Å². The van der Waals surface area contributed by atoms with Crippen molar-refractivity contribution in [2.24, 2.45) is 5.41 Å². The van der Waals surface area contributed by atoms with Crippen LogP contribution in [-0.4, -0.2) is 20.5 Å². The van der Waals surface area contributed by atoms with Gasteiger partial charge in [-0.3, -0.25) is 0 Å². The number of phenolic OH excluding ortho intramolecular Hbond substituents is 1. The summed E-state index contributed by atoms with van der Waals surface area (Å²) in [5, 5.41) is 23.0. The number of rotatable bonds is 5. The lowest BCUT2D eigenvalue weighted by Gasteiger charge is -2.34. The molecule has 0 aliphatic rings. The van der Waals surface area contributed by atoms with Crippen LogP contribution >= 0.6 is 0 Å². The van der Waals surface area contributed by atoms with Crippen molar-refractivity contribution in [3.63, 3.8) is 0 Å². The lowest BCUT2D eigenvalue weighted by Crippen LogP contribution is -2.25. The van der Waals surface area contributed by atoms with Gasteiger partial charge in [0.1, 0.15) is 16.8 Å². The maximum absolute atomic E-state index is 11.7. The topological polar surface area (TPSA) is 61.8 Å². The Kier molecular flexibility index (Phi) is 5.81. The van der Waals surface area contributed by atoms with Gasteiger partial charge in [-0.1, -0.05) is 84.9 Å². The summed E-state index contributed by atoms with van der Waals surface area (Å²) in [6.07, 6.45) is 1.02. The number of nitrogens with one attached hydrogen (secondary N) is 1. The number of aromatic amines is 1. The highest BCUT2D eigenvalue weighted by Crippen LogP contribution is 2.46. The highest BCUT2D eigenvalue weighted by molar-refractivity contribution is 5.95. The lowest BCUT2D eigenvalue weighted by atomic mass is 9.71. The first kappa shape index (κ1) is 23.0. The van der Waals surface area contributed by atoms with Crippen molar-refractivity contribution < 1.29 is 5.11 Å². The molecule has 2 N–H and O–H groups in total. The molecule has 0 saturated heterocycles. The lowest BCUT2D eigenvalue weighted by molar-refractivity contribution is 0.284. The Morgan fingerprint density at radius 1 is 0.818 bits per heavy atom. The molecule has 0 spiro atoms. The maximum Gasteiger partial charge on any atom is 0.131 e. The van der Waals surface area contributed by atoms with E-state index in [-0.39, 0.29) is 16.6 Å². The van der Waals surface area contributed by atoms with Crippen molar-refractivity contribution in [3.05, 3.63) is 65.7 Å². The minimum absolute atomic E-state index is 0.0834. The highest BCUT2D eigenvalue weighted by atomic mass is 16.3. The minimum Gasteiger partial charge on any atom is -0.507 e. The van der Waals surface area contributed by atoms with Crippen LogP contribution in [0.1, 0.15) is 71.9 Å². The number of aromatic hydroxyl groups is 1. The molecule has 4 aromatic rings. The monoisotopic (exact) mass is 441 g/mol. The second-order valence-corrected chi connectivity index (χ2v) is 11.3. The predicted octanol–water partition coefficient (Wildman–Crippen LogP) is 7.83. The fraction of sp³-hybridized carbons (Fsp3) is 0.379. The summed E-state index contributed by atoms with van der Waals surface area (Å²) in [4.78, 5) is 0. The second-order valence-electron chi connectivity index (χ2n) is 11.3. The van der Waals surface area contributed by atoms with E-state index in [1.54, 1.807) is 0 Å². The van der Waals surface area contributed by atoms with Crippen LogP contribution in [0.2, 0.25) is 0 Å². The SMILES string of the molecule is CC(C)c1ccccc1-c1cc(C(C)(C)CC(C)(C)C)cc(-c2cccc3n[nH]nc23)c1O. The van der Waals surface area contributed by atoms with E-state index in [4.69, 9.17) is 0 Å². The van der Waals surface area contributed by atoms with Gasteiger partial charge in [-0.2, -0.15) is 15.4 Å². The Labute approximate surface area is 197 Å². The summed E-state index contributed by atoms with van der Waals surface area (Å²) < 4.78 is 0. The zero-order valence-electron chi connectivity index (χ0n) is 20.8. The zero-order chi connectivity index (χ0) is 24.0. The van der Waals surface area contributed by atoms with Crippen molar-refractivity contribution >= 4 is 11.0 Å². The molecule has 0 saturated carbocycles. The van der Waals surface area contributed by atoms with E-state index in [0.29, 0.717) is 5.92 Å². The molecule has 0 bridgehead atoms. The molecule has 4 heteroatoms. The molecule has 172 valence electrons. The Hall–Kier alpha value is -3.14. The summed E-state index contributed by atoms with van der Waals surface area (Å²) in [6.45, 7) is 15.8. The molecule has 0 aliphatic carbocycles. The molecule has 3 aromatic carbocycles. The smallest absolute Gasteiger partial charge is 0.131 e. The first-order valence-corrected chi connectivity index (χ1v) is 11.7. The van der Waals surface area contributed by atoms with Gasteiger partial charge in [0, 0.05) is 16.7 Å². The molecular weight excluding hydrogens is 406 g/mol. The van der Waals surface area contributed by atoms with Gasteiger partial charge in [-0.15, -0.1) is 0 Å². The van der Waals surface area contributed by atoms with Gasteiger partial charge in [0.05, 0.1) is 0 Å². The summed E-state index contributed by atoms with van der Waals surface area (Å²) in [7, 11) is 0. The van der Waals surface area contributed by atoms with E-state index in [1.807, 2.05) is 24.3 Å². The fourth-order valence-electron chi connectivity index (χ4n) is 5.19. The average molecular weight is 442 g/mol. The molecule has 33 heavy (non-hydrogen) atoms. The number of H-pyrrole nitrogens is 1. The first-order valence-electron chi connectivity index (χ1n) is 11.7. The number of aromatic nitrogens is 3. The van der Waals surface area contributed by atoms with Gasteiger partial charge in [0.2, 0.25) is 0 Å². The molecule has 1 heterocycles. The quantitative estimate of drug-likeness (QED) is 0.332. The third-order valence-electron chi connectivity index (χ3n) is 6.37. The van der Waals surface area contributed by atoms with E-state index >= 15 is 0 Å². The van der Waals surface area contributed by atoms with Crippen LogP contribution in [0.25, 0.3) is 33.3 Å². The fourth-order valence-corrected chi connectivity index (χ4v) is 5.19. The van der Waals surface area contributed by atoms with E-state index in [2.05, 4.69) is 94.2 Å². The number of hydrogen-bond acceptors (Lipinski definition) is 3. The van der Waals surface area contributed by atoms with Crippen LogP contribution in [0.15, 0.2) is 54.6 Å². The van der Waals surface area contributed by atoms with Crippen LogP contribution < -0.4 is 0 Å². The number of para-hydroxylation sites is 1. The van der Waals surface area contributed by atoms with E-state index in [0.717, 1.165) is 39.7 Å². The average Bonchev–Trinajstić information content (AvgIpc) is 3.21. The largest absolute Gasteiger partial charge is 0.507 e. The molecule has 0 fully saturated rings. The molecule has 0 amide bonds. The van der Waals surface area contributed by atoms with Crippen molar-refractivity contribution in [3.8, 4) is 28.0 Å². The first-order chi connectivity index (χ1) is 15.5. The number of phenols is 1. The van der Waals surface area contributed by atoms with Gasteiger partial charge in [-0.25, -0.2) is 0 Å². The van der Waals surface area contributed by atoms with Gasteiger partial charge in [0.15, 0.2) is 0 Å². The molecule has 0 aliphatic heterocycles. The number of nitrogens with zero attached hydrogens (tertiary/aromatic N) is 2. The highest BCUT2D eigenvalue weighted by Gasteiger charge is 2.30. The summed E-state index contributed by atoms with van der Waals surface area (Å²) in [5.41, 5.74) is 7.70. The van der Waals surface area contributed by atoms with Crippen LogP contribution in [0.4, 0.5) is 0 Å². The Bertz CT molecular complexity index is 1290. The number of hydrogen-bond donors (Lipinski definition) is 2. The second kappa shape index (κ2) is 8.33. The van der Waals surface area contributed by atoms with Crippen molar-refractivity contribution in [2.45, 2.75) is 66.2 Å². The Balaban J connectivity index is 2.04. The minimum atomic E-state index is -0.0834. The van der Waals surface area contributed by atoms with Crippen molar-refractivity contribution in [2.75, 3.05) is 0 Å². The Morgan fingerprint density at radius 2 is 1.45 bits per heavy atom. The third kappa shape index (κ3) is 4.52. The maximum atomic E-state index is 11.7. The van der Waals surface area contributed by atoms with Crippen molar-refractivity contribution in [1.29, 1.82) is 0 Å². The predicted molar refractivity (Wildman–Crippen MR) is 138 cm³/mol. The molecule has 0 atom stereocenters. The third-order valence-corrected chi connectivity index (χ3v) is 6.37. The normalized spacial score (nSPS) is 12.6. The number of fused-ring (bicyclic) bond motifs is 1. The summed E-state index contributed by atoms with van der Waals surface area (Å²) in [5.74, 6) is 0.628. The van der Waals surface area contributed by atoms with E-state index in [9.17, 15) is 5.11 Å². The van der Waals surface area contributed by atoms with Crippen LogP contribution in [0, 0.1) is 5.41 Å². The van der Waals surface area contributed by atoms with Crippen LogP contribution in [-0.2, 0) is 5.41 Å². The molecule has 0 radical (unpaired) electrons. The molecule has 4 nitrogen and oxygen atoms in total. The Morgan fingerprint density at radius 3 is 2.12 bits per heavy atom. The molecule has 1 aromatic heterocycles. The van der Waals surface area contributed by atoms with Gasteiger partial charge in [0.25, 0.3) is 0 Å². The van der Waals surface area contributed by atoms with Crippen molar-refractivity contribution in [1.82, 2.24) is 15.4 Å². The molecule has 4 rings (SSSR count). The van der Waals surface area contributed by atoms with E-state index in [1.165, 1.54) is 11.1 Å². The molecule has 0 unspecified atom stereocenters. The summed E-state index contributed by atoms with van der Waals surface area (Å²) >= 11 is 0.